The molecular formula is C8H11N3O2S. The predicted octanol–water partition coefficient (Wildman–Crippen LogP) is 0.805. The van der Waals surface area contributed by atoms with Crippen LogP contribution in [0.4, 0.5) is 5.69 Å². The first kappa shape index (κ1) is 11.0. The summed E-state index contributed by atoms with van der Waals surface area (Å²) in [6.45, 7) is 0.140. The third-order valence-corrected chi connectivity index (χ3v) is 2.26. The molecular weight excluding hydrogens is 202 g/mol. The topological polar surface area (TPSA) is 77.7 Å². The van der Waals surface area contributed by atoms with Gasteiger partial charge in [0.25, 0.3) is 0 Å². The number of nitrogens with zero attached hydrogens (tertiary/aromatic N) is 2. The van der Waals surface area contributed by atoms with E-state index in [1.165, 1.54) is 11.8 Å². The number of hydrogen-bond donors (Lipinski definition) is 3. The van der Waals surface area contributed by atoms with Gasteiger partial charge in [-0.05, 0) is 12.1 Å². The van der Waals surface area contributed by atoms with Crippen LogP contribution >= 0.6 is 11.8 Å². The number of rotatable bonds is 5. The third kappa shape index (κ3) is 3.73. The van der Waals surface area contributed by atoms with Crippen LogP contribution in [0, 0.1) is 0 Å². The van der Waals surface area contributed by atoms with Crippen LogP contribution in [0.2, 0.25) is 0 Å². The summed E-state index contributed by atoms with van der Waals surface area (Å²) in [5.74, 6) is 0.633. The van der Waals surface area contributed by atoms with E-state index in [-0.39, 0.29) is 6.61 Å². The molecule has 1 rings (SSSR count). The van der Waals surface area contributed by atoms with Gasteiger partial charge < -0.3 is 5.11 Å². The summed E-state index contributed by atoms with van der Waals surface area (Å²) < 4.78 is 0. The summed E-state index contributed by atoms with van der Waals surface area (Å²) in [5.41, 5.74) is 2.46. The van der Waals surface area contributed by atoms with Gasteiger partial charge in [-0.3, -0.25) is 10.7 Å². The van der Waals surface area contributed by atoms with Crippen molar-refractivity contribution in [2.45, 2.75) is 5.03 Å². The molecule has 1 aromatic heterocycles. The second-order valence-corrected chi connectivity index (χ2v) is 3.43. The maximum atomic E-state index is 8.59. The fourth-order valence-corrected chi connectivity index (χ4v) is 1.38. The van der Waals surface area contributed by atoms with Crippen LogP contribution in [-0.4, -0.2) is 34.0 Å². The molecule has 3 N–H and O–H groups in total. The van der Waals surface area contributed by atoms with Gasteiger partial charge in [-0.1, -0.05) is 0 Å². The number of aliphatic imine (C=N–C) groups is 1. The minimum atomic E-state index is 0.140. The molecule has 0 amide bonds. The molecule has 0 aliphatic rings. The van der Waals surface area contributed by atoms with Gasteiger partial charge in [-0.2, -0.15) is 0 Å². The molecule has 0 atom stereocenters. The number of aliphatic hydroxyl groups excluding tert-OH is 1. The summed E-state index contributed by atoms with van der Waals surface area (Å²) in [6, 6.07) is 3.59. The fraction of sp³-hybridized carbons (Fsp3) is 0.250. The lowest BCUT2D eigenvalue weighted by Gasteiger charge is -1.98. The molecule has 0 bridgehead atoms. The highest BCUT2D eigenvalue weighted by atomic mass is 32.2. The van der Waals surface area contributed by atoms with Crippen molar-refractivity contribution in [3.63, 3.8) is 0 Å². The van der Waals surface area contributed by atoms with Gasteiger partial charge in [0.05, 0.1) is 23.5 Å². The molecule has 5 nitrogen and oxygen atoms in total. The predicted molar refractivity (Wildman–Crippen MR) is 55.1 cm³/mol. The normalized spacial score (nSPS) is 10.7. The summed E-state index contributed by atoms with van der Waals surface area (Å²) >= 11 is 1.47. The number of thioether (sulfide) groups is 1. The van der Waals surface area contributed by atoms with Gasteiger partial charge >= 0.3 is 0 Å². The highest BCUT2D eigenvalue weighted by molar-refractivity contribution is 7.99. The van der Waals surface area contributed by atoms with E-state index in [4.69, 9.17) is 10.3 Å². The number of pyridine rings is 1. The van der Waals surface area contributed by atoms with Crippen LogP contribution in [0.1, 0.15) is 0 Å². The molecule has 0 saturated carbocycles. The molecule has 0 spiro atoms. The Morgan fingerprint density at radius 2 is 2.43 bits per heavy atom. The molecule has 0 fully saturated rings. The van der Waals surface area contributed by atoms with Gasteiger partial charge in [-0.15, -0.1) is 11.8 Å². The fourth-order valence-electron chi connectivity index (χ4n) is 0.788. The second kappa shape index (κ2) is 6.36. The summed E-state index contributed by atoms with van der Waals surface area (Å²) in [6.07, 6.45) is 2.76. The summed E-state index contributed by atoms with van der Waals surface area (Å²) in [4.78, 5) is 7.94. The zero-order valence-corrected chi connectivity index (χ0v) is 8.24. The van der Waals surface area contributed by atoms with Crippen molar-refractivity contribution >= 4 is 23.8 Å². The van der Waals surface area contributed by atoms with E-state index in [0.29, 0.717) is 11.4 Å². The first-order valence-electron chi connectivity index (χ1n) is 3.98. The lowest BCUT2D eigenvalue weighted by molar-refractivity contribution is 0.240. The Balaban J connectivity index is 2.54. The number of aromatic nitrogens is 1. The van der Waals surface area contributed by atoms with Crippen LogP contribution in [0.15, 0.2) is 28.3 Å². The monoisotopic (exact) mass is 213 g/mol. The van der Waals surface area contributed by atoms with E-state index in [0.717, 1.165) is 11.4 Å². The maximum absolute atomic E-state index is 8.59. The summed E-state index contributed by atoms with van der Waals surface area (Å²) in [5, 5.41) is 17.7. The number of aliphatic hydroxyl groups is 1. The van der Waals surface area contributed by atoms with Gasteiger partial charge in [0, 0.05) is 5.75 Å². The van der Waals surface area contributed by atoms with Crippen LogP contribution in [0.5, 0.6) is 0 Å². The minimum absolute atomic E-state index is 0.140. The van der Waals surface area contributed by atoms with Gasteiger partial charge in [0.1, 0.15) is 6.34 Å². The van der Waals surface area contributed by atoms with Crippen molar-refractivity contribution in [1.82, 2.24) is 10.5 Å². The molecule has 76 valence electrons. The van der Waals surface area contributed by atoms with E-state index in [2.05, 4.69) is 9.98 Å². The lowest BCUT2D eigenvalue weighted by atomic mass is 10.4. The van der Waals surface area contributed by atoms with Crippen LogP contribution in [-0.2, 0) is 0 Å². The molecule has 6 heteroatoms. The van der Waals surface area contributed by atoms with E-state index in [1.807, 2.05) is 11.5 Å². The molecule has 0 radical (unpaired) electrons. The standard InChI is InChI=1S/C8H11N3O2S/c12-3-4-14-8-2-1-7(5-9-8)10-6-11-13/h1-2,5-6,12-13H,3-4H2,(H,10,11). The highest BCUT2D eigenvalue weighted by Crippen LogP contribution is 2.17. The van der Waals surface area contributed by atoms with Crippen molar-refractivity contribution in [3.05, 3.63) is 18.3 Å². The molecule has 14 heavy (non-hydrogen) atoms. The first-order valence-corrected chi connectivity index (χ1v) is 4.97. The summed E-state index contributed by atoms with van der Waals surface area (Å²) in [7, 11) is 0. The Hall–Kier alpha value is -1.11. The molecule has 1 aromatic rings. The first-order chi connectivity index (χ1) is 6.86. The highest BCUT2D eigenvalue weighted by Gasteiger charge is 1.94. The minimum Gasteiger partial charge on any atom is -0.396 e. The van der Waals surface area contributed by atoms with Crippen molar-refractivity contribution < 1.29 is 10.3 Å². The van der Waals surface area contributed by atoms with E-state index in [9.17, 15) is 0 Å². The van der Waals surface area contributed by atoms with Gasteiger partial charge in [-0.25, -0.2) is 9.98 Å². The van der Waals surface area contributed by atoms with E-state index >= 15 is 0 Å². The zero-order chi connectivity index (χ0) is 10.2. The second-order valence-electron chi connectivity index (χ2n) is 2.31. The number of hydroxylamine groups is 1. The van der Waals surface area contributed by atoms with Crippen molar-refractivity contribution in [1.29, 1.82) is 0 Å². The quantitative estimate of drug-likeness (QED) is 0.292. The van der Waals surface area contributed by atoms with Crippen molar-refractivity contribution in [2.75, 3.05) is 12.4 Å². The van der Waals surface area contributed by atoms with Crippen LogP contribution < -0.4 is 5.48 Å². The zero-order valence-electron chi connectivity index (χ0n) is 7.42. The average Bonchev–Trinajstić information content (AvgIpc) is 2.25. The molecule has 1 heterocycles. The van der Waals surface area contributed by atoms with Gasteiger partial charge in [0.15, 0.2) is 0 Å². The lowest BCUT2D eigenvalue weighted by Crippen LogP contribution is -2.00. The van der Waals surface area contributed by atoms with Crippen molar-refractivity contribution in [3.8, 4) is 0 Å². The number of hydrogen-bond acceptors (Lipinski definition) is 5. The Morgan fingerprint density at radius 3 is 3.00 bits per heavy atom. The van der Waals surface area contributed by atoms with Crippen molar-refractivity contribution in [2.24, 2.45) is 4.99 Å². The molecule has 0 aliphatic carbocycles. The van der Waals surface area contributed by atoms with Gasteiger partial charge in [0.2, 0.25) is 0 Å². The smallest absolute Gasteiger partial charge is 0.113 e. The molecule has 0 aliphatic heterocycles. The average molecular weight is 213 g/mol. The van der Waals surface area contributed by atoms with E-state index < -0.39 is 0 Å². The van der Waals surface area contributed by atoms with E-state index in [1.54, 1.807) is 12.3 Å². The Morgan fingerprint density at radius 1 is 1.57 bits per heavy atom. The largest absolute Gasteiger partial charge is 0.396 e. The molecule has 0 saturated heterocycles. The number of nitrogens with one attached hydrogen (secondary N) is 1. The van der Waals surface area contributed by atoms with Crippen LogP contribution in [0.25, 0.3) is 0 Å². The Kier molecular flexibility index (Phi) is 4.98. The SMILES string of the molecule is OCCSc1ccc(N=CNO)cn1. The molecule has 0 aromatic carbocycles. The maximum Gasteiger partial charge on any atom is 0.113 e. The van der Waals surface area contributed by atoms with Crippen LogP contribution in [0.3, 0.4) is 0 Å². The Labute approximate surface area is 85.9 Å². The molecule has 0 unspecified atom stereocenters. The Bertz CT molecular complexity index is 289. The third-order valence-electron chi connectivity index (χ3n) is 1.33.